The van der Waals surface area contributed by atoms with Crippen LogP contribution in [0.2, 0.25) is 0 Å². The number of amides is 2. The summed E-state index contributed by atoms with van der Waals surface area (Å²) in [6.45, 7) is 11.8. The molecule has 0 fully saturated rings. The van der Waals surface area contributed by atoms with Crippen LogP contribution in [-0.4, -0.2) is 47.1 Å². The first-order chi connectivity index (χ1) is 21.6. The van der Waals surface area contributed by atoms with Crippen molar-refractivity contribution in [3.05, 3.63) is 52.3 Å². The highest BCUT2D eigenvalue weighted by Gasteiger charge is 2.59. The molecular weight excluding hydrogens is 666 g/mol. The number of hydrogen-bond acceptors (Lipinski definition) is 10. The average Bonchev–Trinajstić information content (AvgIpc) is 3.58. The van der Waals surface area contributed by atoms with Crippen molar-refractivity contribution in [1.29, 1.82) is 0 Å². The SMILES string of the molecule is CCNC(=O)Nc1cc(-c2nc(C(F)(F)F)cs2)c(-c2cncc(-c3nn(C(OP(=O)(O)O)(C(C)(C)C)C(C)(C)C)c(=O)o3)c2)cn1. The van der Waals surface area contributed by atoms with Crippen molar-refractivity contribution < 1.29 is 41.3 Å². The maximum absolute atomic E-state index is 13.4. The molecule has 4 rings (SSSR count). The molecule has 0 saturated carbocycles. The molecule has 0 radical (unpaired) electrons. The number of urea groups is 1. The number of aromatic nitrogens is 5. The van der Waals surface area contributed by atoms with E-state index in [-0.39, 0.29) is 33.4 Å². The first-order valence-electron chi connectivity index (χ1n) is 14.0. The third-order valence-electron chi connectivity index (χ3n) is 6.93. The minimum absolute atomic E-state index is 0.0235. The van der Waals surface area contributed by atoms with Gasteiger partial charge in [-0.3, -0.25) is 14.8 Å². The predicted molar refractivity (Wildman–Crippen MR) is 166 cm³/mol. The second-order valence-corrected chi connectivity index (χ2v) is 14.4. The molecule has 0 atom stereocenters. The molecule has 4 N–H and O–H groups in total. The third-order valence-corrected chi connectivity index (χ3v) is 8.31. The van der Waals surface area contributed by atoms with Gasteiger partial charge >= 0.3 is 25.8 Å². The summed E-state index contributed by atoms with van der Waals surface area (Å²) in [5.41, 5.74) is -4.47. The van der Waals surface area contributed by atoms with Crippen molar-refractivity contribution >= 4 is 31.0 Å². The van der Waals surface area contributed by atoms with Crippen LogP contribution < -0.4 is 16.4 Å². The van der Waals surface area contributed by atoms with E-state index >= 15 is 0 Å². The van der Waals surface area contributed by atoms with E-state index < -0.39 is 48.0 Å². The van der Waals surface area contributed by atoms with E-state index in [9.17, 15) is 37.1 Å². The average molecular weight is 700 g/mol. The van der Waals surface area contributed by atoms with Gasteiger partial charge in [0.15, 0.2) is 11.4 Å². The smallest absolute Gasteiger partial charge is 0.387 e. The summed E-state index contributed by atoms with van der Waals surface area (Å²) in [6.07, 6.45) is -0.679. The lowest BCUT2D eigenvalue weighted by Gasteiger charge is -2.50. The Bertz CT molecular complexity index is 1870. The Kier molecular flexibility index (Phi) is 9.60. The van der Waals surface area contributed by atoms with Crippen molar-refractivity contribution in [3.8, 4) is 33.2 Å². The van der Waals surface area contributed by atoms with E-state index in [0.717, 1.165) is 21.4 Å². The van der Waals surface area contributed by atoms with Crippen LogP contribution in [-0.2, 0) is 21.0 Å². The van der Waals surface area contributed by atoms with E-state index in [1.165, 1.54) is 30.7 Å². The molecule has 0 aliphatic heterocycles. The lowest BCUT2D eigenvalue weighted by atomic mass is 9.68. The molecule has 4 aromatic heterocycles. The zero-order valence-corrected chi connectivity index (χ0v) is 28.0. The number of rotatable bonds is 8. The Labute approximate surface area is 270 Å². The van der Waals surface area contributed by atoms with E-state index in [2.05, 4.69) is 30.7 Å². The molecule has 19 heteroatoms. The number of nitrogens with zero attached hydrogens (tertiary/aromatic N) is 5. The van der Waals surface area contributed by atoms with Gasteiger partial charge in [0, 0.05) is 58.0 Å². The standard InChI is InChI=1S/C28H33F3N7O7PS/c1-8-33-23(39)36-20-10-17(22-35-19(14-47-22)27(29,30)31)18(13-34-20)15-9-16(12-32-11-15)21-37-38(24(40)44-21)28(25(2,3)4,26(5,6)7)45-46(41,42)43/h9-14H,8H2,1-7H3,(H2,41,42,43)(H2,33,34,36,39). The van der Waals surface area contributed by atoms with Crippen LogP contribution in [0.25, 0.3) is 33.2 Å². The molecule has 0 saturated heterocycles. The molecule has 2 amide bonds. The number of halogens is 3. The first kappa shape index (κ1) is 35.9. The molecule has 0 aliphatic rings. The van der Waals surface area contributed by atoms with Gasteiger partial charge in [0.2, 0.25) is 0 Å². The van der Waals surface area contributed by atoms with Crippen LogP contribution in [0.3, 0.4) is 0 Å². The molecule has 0 unspecified atom stereocenters. The van der Waals surface area contributed by atoms with Crippen molar-refractivity contribution in [3.63, 3.8) is 0 Å². The lowest BCUT2D eigenvalue weighted by molar-refractivity contribution is -0.201. The molecule has 254 valence electrons. The molecule has 0 bridgehead atoms. The summed E-state index contributed by atoms with van der Waals surface area (Å²) in [5.74, 6) is -1.32. The number of carbonyl (C=O) groups is 1. The number of anilines is 1. The van der Waals surface area contributed by atoms with Gasteiger partial charge in [-0.1, -0.05) is 41.5 Å². The van der Waals surface area contributed by atoms with Crippen molar-refractivity contribution in [2.75, 3.05) is 11.9 Å². The van der Waals surface area contributed by atoms with Crippen LogP contribution in [0, 0.1) is 10.8 Å². The second-order valence-electron chi connectivity index (χ2n) is 12.4. The van der Waals surface area contributed by atoms with Crippen LogP contribution in [0.4, 0.5) is 23.8 Å². The molecule has 0 aromatic carbocycles. The number of phosphoric acid groups is 1. The summed E-state index contributed by atoms with van der Waals surface area (Å²) >= 11 is 0.733. The zero-order chi connectivity index (χ0) is 35.2. The molecule has 4 aromatic rings. The maximum Gasteiger partial charge on any atom is 0.471 e. The van der Waals surface area contributed by atoms with E-state index in [1.54, 1.807) is 48.5 Å². The summed E-state index contributed by atoms with van der Waals surface area (Å²) in [6, 6.07) is 2.27. The van der Waals surface area contributed by atoms with Crippen LogP contribution in [0.1, 0.15) is 54.2 Å². The monoisotopic (exact) mass is 699 g/mol. The van der Waals surface area contributed by atoms with E-state index in [0.29, 0.717) is 12.1 Å². The highest BCUT2D eigenvalue weighted by molar-refractivity contribution is 7.46. The number of nitrogens with one attached hydrogen (secondary N) is 2. The van der Waals surface area contributed by atoms with Gasteiger partial charge in [0.05, 0.1) is 5.56 Å². The number of pyridine rings is 2. The molecule has 14 nitrogen and oxygen atoms in total. The number of phosphoric ester groups is 1. The molecule has 0 aliphatic carbocycles. The van der Waals surface area contributed by atoms with Gasteiger partial charge in [-0.05, 0) is 19.1 Å². The number of alkyl halides is 3. The van der Waals surface area contributed by atoms with Crippen molar-refractivity contribution in [1.82, 2.24) is 30.0 Å². The lowest BCUT2D eigenvalue weighted by Crippen LogP contribution is -2.59. The summed E-state index contributed by atoms with van der Waals surface area (Å²) in [4.78, 5) is 57.4. The van der Waals surface area contributed by atoms with Gasteiger partial charge in [0.1, 0.15) is 10.8 Å². The number of thiazole rings is 1. The molecular formula is C28H33F3N7O7PS. The Morgan fingerprint density at radius 1 is 1.04 bits per heavy atom. The molecule has 4 heterocycles. The fraction of sp³-hybridized carbons (Fsp3) is 0.429. The minimum atomic E-state index is -5.20. The summed E-state index contributed by atoms with van der Waals surface area (Å²) < 4.78 is 64.1. The van der Waals surface area contributed by atoms with Crippen LogP contribution in [0.5, 0.6) is 0 Å². The topological polar surface area (TPSA) is 195 Å². The quantitative estimate of drug-likeness (QED) is 0.155. The van der Waals surface area contributed by atoms with Gasteiger partial charge < -0.3 is 19.5 Å². The summed E-state index contributed by atoms with van der Waals surface area (Å²) in [5, 5.41) is 10.2. The van der Waals surface area contributed by atoms with Gasteiger partial charge in [-0.2, -0.15) is 17.9 Å². The minimum Gasteiger partial charge on any atom is -0.387 e. The molecule has 0 spiro atoms. The number of hydrogen-bond donors (Lipinski definition) is 4. The normalized spacial score (nSPS) is 13.1. The summed E-state index contributed by atoms with van der Waals surface area (Å²) in [7, 11) is -5.20. The van der Waals surface area contributed by atoms with Crippen molar-refractivity contribution in [2.45, 2.75) is 60.4 Å². The first-order valence-corrected chi connectivity index (χ1v) is 16.4. The Morgan fingerprint density at radius 3 is 2.23 bits per heavy atom. The van der Waals surface area contributed by atoms with Gasteiger partial charge in [-0.25, -0.2) is 24.1 Å². The van der Waals surface area contributed by atoms with Gasteiger partial charge in [-0.15, -0.1) is 16.4 Å². The third kappa shape index (κ3) is 7.46. The number of carbonyl (C=O) groups excluding carboxylic acids is 1. The molecule has 47 heavy (non-hydrogen) atoms. The highest BCUT2D eigenvalue weighted by Crippen LogP contribution is 2.57. The Hall–Kier alpha value is -3.96. The Balaban J connectivity index is 1.88. The second kappa shape index (κ2) is 12.6. The van der Waals surface area contributed by atoms with E-state index in [1.807, 2.05) is 0 Å². The Morgan fingerprint density at radius 2 is 1.68 bits per heavy atom. The highest BCUT2D eigenvalue weighted by atomic mass is 32.1. The van der Waals surface area contributed by atoms with Gasteiger partial charge in [0.25, 0.3) is 5.89 Å². The predicted octanol–water partition coefficient (Wildman–Crippen LogP) is 6.10. The fourth-order valence-corrected chi connectivity index (χ4v) is 7.15. The zero-order valence-electron chi connectivity index (χ0n) is 26.3. The van der Waals surface area contributed by atoms with Crippen LogP contribution >= 0.6 is 19.2 Å². The maximum atomic E-state index is 13.4. The fourth-order valence-electron chi connectivity index (χ4n) is 5.32. The van der Waals surface area contributed by atoms with E-state index in [4.69, 9.17) is 8.94 Å². The van der Waals surface area contributed by atoms with Crippen LogP contribution in [0.15, 0.2) is 45.3 Å². The largest absolute Gasteiger partial charge is 0.471 e. The van der Waals surface area contributed by atoms with Crippen molar-refractivity contribution in [2.24, 2.45) is 10.8 Å².